The monoisotopic (exact) mass is 626 g/mol. The first-order chi connectivity index (χ1) is 15.1. The molecule has 0 heterocycles. The summed E-state index contributed by atoms with van der Waals surface area (Å²) >= 11 is 8.29. The van der Waals surface area contributed by atoms with Crippen molar-refractivity contribution in [3.8, 4) is 0 Å². The minimum atomic E-state index is -1.79. The maximum atomic E-state index is 4.14. The SMILES string of the molecule is CCCCCCCCCCCCC[CH2][Ge]([Br])([Br])[CH2]CCCCCCCCCCCCC. The van der Waals surface area contributed by atoms with Gasteiger partial charge in [0.1, 0.15) is 0 Å². The van der Waals surface area contributed by atoms with E-state index in [0.29, 0.717) is 0 Å². The van der Waals surface area contributed by atoms with Gasteiger partial charge >= 0.3 is 189 Å². The van der Waals surface area contributed by atoms with Crippen molar-refractivity contribution < 1.29 is 0 Å². The predicted octanol–water partition coefficient (Wildman–Crippen LogP) is 12.6. The average Bonchev–Trinajstić information content (AvgIpc) is 2.75. The molecule has 0 nitrogen and oxygen atoms in total. The number of hydrogen-bond acceptors (Lipinski definition) is 0. The molecule has 0 N–H and O–H groups in total. The van der Waals surface area contributed by atoms with Crippen LogP contribution in [0.5, 0.6) is 0 Å². The molecule has 0 saturated carbocycles. The van der Waals surface area contributed by atoms with Gasteiger partial charge in [-0.1, -0.05) is 26.7 Å². The van der Waals surface area contributed by atoms with Gasteiger partial charge < -0.3 is 0 Å². The normalized spacial score (nSPS) is 12.0. The summed E-state index contributed by atoms with van der Waals surface area (Å²) in [5.74, 6) is 0. The molecule has 0 aliphatic carbocycles. The minimum Gasteiger partial charge on any atom is -0.0654 e. The van der Waals surface area contributed by atoms with E-state index in [4.69, 9.17) is 0 Å². The maximum absolute atomic E-state index is 4.14. The Bertz CT molecular complexity index is 303. The summed E-state index contributed by atoms with van der Waals surface area (Å²) in [6, 6.07) is 0. The second kappa shape index (κ2) is 26.1. The van der Waals surface area contributed by atoms with Gasteiger partial charge in [-0.2, -0.15) is 0 Å². The molecule has 0 atom stereocenters. The fourth-order valence-corrected chi connectivity index (χ4v) is 14.1. The van der Waals surface area contributed by atoms with Gasteiger partial charge in [-0.25, -0.2) is 0 Å². The number of hydrogen-bond donors (Lipinski definition) is 0. The van der Waals surface area contributed by atoms with Crippen molar-refractivity contribution in [3.05, 3.63) is 0 Å². The van der Waals surface area contributed by atoms with Crippen molar-refractivity contribution in [2.45, 2.75) is 178 Å². The first-order valence-corrected chi connectivity index (χ1v) is 27.3. The zero-order chi connectivity index (χ0) is 22.9. The van der Waals surface area contributed by atoms with E-state index in [0.717, 1.165) is 0 Å². The Kier molecular flexibility index (Phi) is 27.4. The summed E-state index contributed by atoms with van der Waals surface area (Å²) in [7, 11) is -1.79. The van der Waals surface area contributed by atoms with Crippen LogP contribution in [0.15, 0.2) is 0 Å². The molecule has 0 saturated heterocycles. The third-order valence-electron chi connectivity index (χ3n) is 6.79. The topological polar surface area (TPSA) is 0 Å². The molecule has 0 spiro atoms. The summed E-state index contributed by atoms with van der Waals surface area (Å²) in [6.45, 7) is 4.61. The van der Waals surface area contributed by atoms with Gasteiger partial charge in [0.15, 0.2) is 0 Å². The third-order valence-corrected chi connectivity index (χ3v) is 19.6. The van der Waals surface area contributed by atoms with Gasteiger partial charge in [-0.05, 0) is 0 Å². The number of unbranched alkanes of at least 4 members (excludes halogenated alkanes) is 22. The van der Waals surface area contributed by atoms with E-state index in [9.17, 15) is 0 Å². The first kappa shape index (κ1) is 32.5. The summed E-state index contributed by atoms with van der Waals surface area (Å²) in [6.07, 6.45) is 35.0. The Morgan fingerprint density at radius 3 is 0.742 bits per heavy atom. The van der Waals surface area contributed by atoms with E-state index >= 15 is 0 Å². The van der Waals surface area contributed by atoms with Crippen molar-refractivity contribution in [1.82, 2.24) is 0 Å². The fraction of sp³-hybridized carbons (Fsp3) is 1.00. The molecule has 0 aromatic rings. The van der Waals surface area contributed by atoms with Crippen LogP contribution in [-0.4, -0.2) is 9.58 Å². The van der Waals surface area contributed by atoms with Gasteiger partial charge in [0, 0.05) is 0 Å². The molecule has 0 aromatic carbocycles. The molecule has 0 rings (SSSR count). The molecule has 0 bridgehead atoms. The van der Waals surface area contributed by atoms with Crippen LogP contribution in [0.4, 0.5) is 0 Å². The standard InChI is InChI=1S/C28H58Br2Ge/c1-3-5-7-9-11-13-15-17-19-21-23-25-27-31(29,30)28-26-24-22-20-18-16-14-12-10-8-6-4-2/h3-28H2,1-2H3. The molecule has 0 amide bonds. The molecular formula is C28H58Br2Ge. The fourth-order valence-electron chi connectivity index (χ4n) is 4.57. The number of rotatable bonds is 26. The van der Waals surface area contributed by atoms with Crippen molar-refractivity contribution in [2.24, 2.45) is 0 Å². The molecule has 0 radical (unpaired) electrons. The molecule has 0 aromatic heterocycles. The van der Waals surface area contributed by atoms with E-state index in [1.807, 2.05) is 0 Å². The van der Waals surface area contributed by atoms with Gasteiger partial charge in [-0.15, -0.1) is 0 Å². The smallest absolute Gasteiger partial charge is 0.0654 e. The number of halogens is 2. The predicted molar refractivity (Wildman–Crippen MR) is 155 cm³/mol. The third kappa shape index (κ3) is 27.6. The Morgan fingerprint density at radius 2 is 0.516 bits per heavy atom. The Labute approximate surface area is 214 Å². The average molecular weight is 627 g/mol. The van der Waals surface area contributed by atoms with Crippen LogP contribution in [0.3, 0.4) is 0 Å². The van der Waals surface area contributed by atoms with Crippen LogP contribution in [0.1, 0.15) is 168 Å². The van der Waals surface area contributed by atoms with Gasteiger partial charge in [0.05, 0.1) is 0 Å². The molecule has 3 heteroatoms. The van der Waals surface area contributed by atoms with Gasteiger partial charge in [0.2, 0.25) is 0 Å². The molecule has 0 unspecified atom stereocenters. The zero-order valence-corrected chi connectivity index (χ0v) is 26.9. The Balaban J connectivity index is 3.29. The Morgan fingerprint density at radius 1 is 0.323 bits per heavy atom. The van der Waals surface area contributed by atoms with Crippen LogP contribution in [0, 0.1) is 0 Å². The summed E-state index contributed by atoms with van der Waals surface area (Å²) in [4.78, 5) is 0. The first-order valence-electron chi connectivity index (χ1n) is 14.5. The van der Waals surface area contributed by atoms with Gasteiger partial charge in [0.25, 0.3) is 0 Å². The van der Waals surface area contributed by atoms with Crippen LogP contribution >= 0.6 is 28.0 Å². The van der Waals surface area contributed by atoms with Crippen LogP contribution in [0.2, 0.25) is 10.5 Å². The van der Waals surface area contributed by atoms with Gasteiger partial charge in [-0.3, -0.25) is 0 Å². The molecule has 31 heavy (non-hydrogen) atoms. The molecule has 188 valence electrons. The van der Waals surface area contributed by atoms with Crippen LogP contribution in [-0.2, 0) is 0 Å². The van der Waals surface area contributed by atoms with Crippen LogP contribution < -0.4 is 0 Å². The second-order valence-corrected chi connectivity index (χ2v) is 37.1. The molecule has 0 fully saturated rings. The second-order valence-electron chi connectivity index (χ2n) is 10.1. The molecule has 0 aliphatic heterocycles. The van der Waals surface area contributed by atoms with E-state index < -0.39 is 9.58 Å². The van der Waals surface area contributed by atoms with E-state index in [1.165, 1.54) is 165 Å². The minimum absolute atomic E-state index is 1.37. The van der Waals surface area contributed by atoms with Crippen LogP contribution in [0.25, 0.3) is 0 Å². The Hall–Kier alpha value is 1.50. The zero-order valence-electron chi connectivity index (χ0n) is 21.6. The summed E-state index contributed by atoms with van der Waals surface area (Å²) in [5, 5.41) is 2.94. The van der Waals surface area contributed by atoms with E-state index in [1.54, 1.807) is 0 Å². The van der Waals surface area contributed by atoms with E-state index in [-0.39, 0.29) is 0 Å². The molecular weight excluding hydrogens is 569 g/mol. The van der Waals surface area contributed by atoms with Crippen molar-refractivity contribution >= 4 is 37.6 Å². The van der Waals surface area contributed by atoms with Crippen molar-refractivity contribution in [2.75, 3.05) is 0 Å². The van der Waals surface area contributed by atoms with E-state index in [2.05, 4.69) is 41.9 Å². The van der Waals surface area contributed by atoms with Crippen molar-refractivity contribution in [3.63, 3.8) is 0 Å². The molecule has 0 aliphatic rings. The summed E-state index contributed by atoms with van der Waals surface area (Å²) < 4.78 is 0. The summed E-state index contributed by atoms with van der Waals surface area (Å²) in [5.41, 5.74) is 0. The van der Waals surface area contributed by atoms with Crippen molar-refractivity contribution in [1.29, 1.82) is 0 Å². The quantitative estimate of drug-likeness (QED) is 0.0662.